The zero-order valence-corrected chi connectivity index (χ0v) is 14.0. The van der Waals surface area contributed by atoms with E-state index >= 15 is 0 Å². The van der Waals surface area contributed by atoms with Gasteiger partial charge in [-0.3, -0.25) is 19.2 Å². The van der Waals surface area contributed by atoms with Crippen molar-refractivity contribution in [2.45, 2.75) is 39.8 Å². The number of fused-ring (bicyclic) bond motifs is 1. The van der Waals surface area contributed by atoms with Crippen molar-refractivity contribution >= 4 is 11.2 Å². The summed E-state index contributed by atoms with van der Waals surface area (Å²) in [7, 11) is 1.78. The van der Waals surface area contributed by atoms with E-state index in [0.29, 0.717) is 36.6 Å². The molecule has 0 atom stereocenters. The van der Waals surface area contributed by atoms with Gasteiger partial charge in [-0.15, -0.1) is 0 Å². The fourth-order valence-corrected chi connectivity index (χ4v) is 2.65. The van der Waals surface area contributed by atoms with Gasteiger partial charge in [0.25, 0.3) is 5.56 Å². The molecule has 0 fully saturated rings. The first-order chi connectivity index (χ1) is 11.0. The lowest BCUT2D eigenvalue weighted by Gasteiger charge is -2.18. The van der Waals surface area contributed by atoms with Gasteiger partial charge in [0.1, 0.15) is 5.82 Å². The molecule has 0 aliphatic carbocycles. The Morgan fingerprint density at radius 2 is 2.04 bits per heavy atom. The minimum absolute atomic E-state index is 0.0690. The summed E-state index contributed by atoms with van der Waals surface area (Å²) in [5, 5.41) is 9.11. The van der Waals surface area contributed by atoms with Crippen LogP contribution in [-0.2, 0) is 20.1 Å². The minimum atomic E-state index is -0.414. The lowest BCUT2D eigenvalue weighted by atomic mass is 10.3. The number of nitrogens with zero attached hydrogens (tertiary/aromatic N) is 4. The van der Waals surface area contributed by atoms with Gasteiger partial charge < -0.3 is 9.67 Å². The van der Waals surface area contributed by atoms with E-state index in [-0.39, 0.29) is 6.61 Å². The summed E-state index contributed by atoms with van der Waals surface area (Å²) < 4.78 is 3.27. The zero-order chi connectivity index (χ0) is 17.0. The van der Waals surface area contributed by atoms with Crippen LogP contribution in [-0.4, -0.2) is 48.8 Å². The van der Waals surface area contributed by atoms with Crippen LogP contribution >= 0.6 is 0 Å². The molecular formula is C15H25N5O3. The maximum absolute atomic E-state index is 12.2. The number of hydrogen-bond acceptors (Lipinski definition) is 5. The molecule has 0 bridgehead atoms. The summed E-state index contributed by atoms with van der Waals surface area (Å²) in [6.07, 6.45) is 1.80. The lowest BCUT2D eigenvalue weighted by Crippen LogP contribution is -2.31. The van der Waals surface area contributed by atoms with Crippen LogP contribution in [0.15, 0.2) is 9.59 Å². The molecule has 0 amide bonds. The zero-order valence-electron chi connectivity index (χ0n) is 14.0. The van der Waals surface area contributed by atoms with Gasteiger partial charge in [0, 0.05) is 20.1 Å². The Bertz CT molecular complexity index is 774. The average molecular weight is 323 g/mol. The number of aromatic nitrogens is 4. The van der Waals surface area contributed by atoms with Crippen LogP contribution in [0.4, 0.5) is 0 Å². The summed E-state index contributed by atoms with van der Waals surface area (Å²) in [6.45, 7) is 6.48. The molecular weight excluding hydrogens is 298 g/mol. The van der Waals surface area contributed by atoms with Crippen LogP contribution in [0.25, 0.3) is 11.2 Å². The molecule has 128 valence electrons. The third-order valence-electron chi connectivity index (χ3n) is 4.07. The van der Waals surface area contributed by atoms with Crippen LogP contribution in [0.5, 0.6) is 0 Å². The second-order valence-corrected chi connectivity index (χ2v) is 5.62. The number of aryl methyl sites for hydroxylation is 2. The van der Waals surface area contributed by atoms with Crippen LogP contribution < -0.4 is 11.2 Å². The number of nitrogens with one attached hydrogen (secondary N) is 1. The Morgan fingerprint density at radius 3 is 2.65 bits per heavy atom. The van der Waals surface area contributed by atoms with Crippen molar-refractivity contribution in [2.24, 2.45) is 7.05 Å². The van der Waals surface area contributed by atoms with E-state index in [0.717, 1.165) is 19.4 Å². The van der Waals surface area contributed by atoms with E-state index in [1.54, 1.807) is 11.6 Å². The number of imidazole rings is 1. The SMILES string of the molecule is CCCCn1c(=O)[nH]c(=O)c2c1nc(CN(CC)CCO)n2C. The van der Waals surface area contributed by atoms with Crippen molar-refractivity contribution in [1.82, 2.24) is 24.0 Å². The number of rotatable bonds is 8. The second-order valence-electron chi connectivity index (χ2n) is 5.62. The first-order valence-electron chi connectivity index (χ1n) is 8.05. The largest absolute Gasteiger partial charge is 0.395 e. The van der Waals surface area contributed by atoms with Gasteiger partial charge in [0.15, 0.2) is 11.2 Å². The molecule has 0 aliphatic rings. The highest BCUT2D eigenvalue weighted by atomic mass is 16.3. The Hall–Kier alpha value is -1.93. The molecule has 2 heterocycles. The van der Waals surface area contributed by atoms with E-state index in [4.69, 9.17) is 5.11 Å². The number of aromatic amines is 1. The summed E-state index contributed by atoms with van der Waals surface area (Å²) in [4.78, 5) is 33.2. The highest BCUT2D eigenvalue weighted by molar-refractivity contribution is 5.70. The van der Waals surface area contributed by atoms with Gasteiger partial charge in [-0.1, -0.05) is 20.3 Å². The van der Waals surface area contributed by atoms with Gasteiger partial charge in [0.05, 0.1) is 13.2 Å². The molecule has 0 aromatic carbocycles. The van der Waals surface area contributed by atoms with E-state index in [1.165, 1.54) is 4.57 Å². The van der Waals surface area contributed by atoms with Crippen LogP contribution in [0.2, 0.25) is 0 Å². The third kappa shape index (κ3) is 3.53. The first-order valence-corrected chi connectivity index (χ1v) is 8.05. The smallest absolute Gasteiger partial charge is 0.330 e. The molecule has 8 heteroatoms. The number of H-pyrrole nitrogens is 1. The standard InChI is InChI=1S/C15H25N5O3/c1-4-6-7-20-13-12(14(22)17-15(20)23)18(3)11(16-13)10-19(5-2)8-9-21/h21H,4-10H2,1-3H3,(H,17,22,23). The van der Waals surface area contributed by atoms with Gasteiger partial charge in [-0.2, -0.15) is 0 Å². The van der Waals surface area contributed by atoms with Gasteiger partial charge >= 0.3 is 5.69 Å². The number of unbranched alkanes of at least 4 members (excludes halogenated alkanes) is 1. The molecule has 2 N–H and O–H groups in total. The topological polar surface area (TPSA) is 96.2 Å². The maximum Gasteiger partial charge on any atom is 0.330 e. The van der Waals surface area contributed by atoms with Crippen molar-refractivity contribution in [3.05, 3.63) is 26.7 Å². The van der Waals surface area contributed by atoms with Crippen LogP contribution in [0, 0.1) is 0 Å². The second kappa shape index (κ2) is 7.56. The molecule has 0 unspecified atom stereocenters. The fourth-order valence-electron chi connectivity index (χ4n) is 2.65. The van der Waals surface area contributed by atoms with Crippen molar-refractivity contribution in [1.29, 1.82) is 0 Å². The molecule has 23 heavy (non-hydrogen) atoms. The quantitative estimate of drug-likeness (QED) is 0.715. The predicted octanol–water partition coefficient (Wildman–Crippen LogP) is 0.0376. The molecule has 2 aromatic heterocycles. The summed E-state index contributed by atoms with van der Waals surface area (Å²) in [5.41, 5.74) is 0.0213. The normalized spacial score (nSPS) is 11.7. The summed E-state index contributed by atoms with van der Waals surface area (Å²) >= 11 is 0. The van der Waals surface area contributed by atoms with E-state index in [9.17, 15) is 9.59 Å². The average Bonchev–Trinajstić information content (AvgIpc) is 2.83. The Morgan fingerprint density at radius 1 is 1.30 bits per heavy atom. The minimum Gasteiger partial charge on any atom is -0.395 e. The van der Waals surface area contributed by atoms with Crippen molar-refractivity contribution < 1.29 is 5.11 Å². The van der Waals surface area contributed by atoms with Gasteiger partial charge in [0.2, 0.25) is 0 Å². The van der Waals surface area contributed by atoms with E-state index < -0.39 is 11.2 Å². The molecule has 0 saturated heterocycles. The van der Waals surface area contributed by atoms with Crippen LogP contribution in [0.3, 0.4) is 0 Å². The van der Waals surface area contributed by atoms with E-state index in [1.807, 2.05) is 18.7 Å². The maximum atomic E-state index is 12.2. The highest BCUT2D eigenvalue weighted by Gasteiger charge is 2.17. The number of likely N-dealkylation sites (N-methyl/N-ethyl adjacent to an activating group) is 1. The number of hydrogen-bond donors (Lipinski definition) is 2. The van der Waals surface area contributed by atoms with E-state index in [2.05, 4.69) is 9.97 Å². The van der Waals surface area contributed by atoms with Crippen LogP contribution in [0.1, 0.15) is 32.5 Å². The summed E-state index contributed by atoms with van der Waals surface area (Å²) in [5.74, 6) is 0.705. The molecule has 8 nitrogen and oxygen atoms in total. The van der Waals surface area contributed by atoms with Gasteiger partial charge in [-0.25, -0.2) is 9.78 Å². The van der Waals surface area contributed by atoms with Crippen molar-refractivity contribution in [3.63, 3.8) is 0 Å². The van der Waals surface area contributed by atoms with Gasteiger partial charge in [-0.05, 0) is 13.0 Å². The predicted molar refractivity (Wildman–Crippen MR) is 88.5 cm³/mol. The molecule has 0 radical (unpaired) electrons. The number of aliphatic hydroxyl groups excluding tert-OH is 1. The summed E-state index contributed by atoms with van der Waals surface area (Å²) in [6, 6.07) is 0. The lowest BCUT2D eigenvalue weighted by molar-refractivity contribution is 0.193. The molecule has 2 rings (SSSR count). The molecule has 0 saturated carbocycles. The Kier molecular flexibility index (Phi) is 5.73. The Balaban J connectivity index is 2.53. The monoisotopic (exact) mass is 323 g/mol. The molecule has 0 spiro atoms. The Labute approximate surface area is 134 Å². The van der Waals surface area contributed by atoms with Crippen molar-refractivity contribution in [3.8, 4) is 0 Å². The molecule has 2 aromatic rings. The number of aliphatic hydroxyl groups is 1. The molecule has 0 aliphatic heterocycles. The highest BCUT2D eigenvalue weighted by Crippen LogP contribution is 2.12. The third-order valence-corrected chi connectivity index (χ3v) is 4.07. The first kappa shape index (κ1) is 17.4. The fraction of sp³-hybridized carbons (Fsp3) is 0.667. The van der Waals surface area contributed by atoms with Crippen molar-refractivity contribution in [2.75, 3.05) is 19.7 Å².